The van der Waals surface area contributed by atoms with Crippen molar-refractivity contribution in [2.45, 2.75) is 25.4 Å². The van der Waals surface area contributed by atoms with Gasteiger partial charge in [-0.05, 0) is 36.4 Å². The Morgan fingerprint density at radius 1 is 1.46 bits per heavy atom. The Balaban J connectivity index is 1.63. The summed E-state index contributed by atoms with van der Waals surface area (Å²) in [6, 6.07) is 3.08. The lowest BCUT2D eigenvalue weighted by molar-refractivity contribution is 0.0199. The first-order valence-electron chi connectivity index (χ1n) is 8.99. The van der Waals surface area contributed by atoms with Crippen LogP contribution in [0.4, 0.5) is 10.3 Å². The van der Waals surface area contributed by atoms with Gasteiger partial charge in [0.25, 0.3) is 5.91 Å². The number of nitrogens with one attached hydrogen (secondary N) is 1. The minimum absolute atomic E-state index is 0.0798. The summed E-state index contributed by atoms with van der Waals surface area (Å²) in [6.45, 7) is 3.07. The molecule has 4 rings (SSSR count). The van der Waals surface area contributed by atoms with E-state index in [9.17, 15) is 9.18 Å². The monoisotopic (exact) mass is 401 g/mol. The van der Waals surface area contributed by atoms with Crippen molar-refractivity contribution in [3.63, 3.8) is 0 Å². The molecule has 7 nitrogen and oxygen atoms in total. The van der Waals surface area contributed by atoms with Crippen molar-refractivity contribution in [3.8, 4) is 0 Å². The van der Waals surface area contributed by atoms with Crippen LogP contribution in [0.3, 0.4) is 0 Å². The van der Waals surface area contributed by atoms with Gasteiger partial charge >= 0.3 is 0 Å². The zero-order chi connectivity index (χ0) is 19.7. The Bertz CT molecular complexity index is 1010. The Morgan fingerprint density at radius 2 is 2.32 bits per heavy atom. The minimum Gasteiger partial charge on any atom is -0.383 e. The Hall–Kier alpha value is -2.65. The van der Waals surface area contributed by atoms with Crippen LogP contribution in [0.15, 0.2) is 29.9 Å². The van der Waals surface area contributed by atoms with Crippen molar-refractivity contribution >= 4 is 33.4 Å². The van der Waals surface area contributed by atoms with E-state index < -0.39 is 5.82 Å². The van der Waals surface area contributed by atoms with Crippen LogP contribution >= 0.6 is 11.3 Å². The fourth-order valence-corrected chi connectivity index (χ4v) is 4.04. The average molecular weight is 401 g/mol. The number of pyridine rings is 1. The summed E-state index contributed by atoms with van der Waals surface area (Å²) >= 11 is 1.44. The molecule has 3 aromatic rings. The third-order valence-electron chi connectivity index (χ3n) is 4.84. The van der Waals surface area contributed by atoms with E-state index in [0.29, 0.717) is 35.9 Å². The molecule has 1 saturated heterocycles. The van der Waals surface area contributed by atoms with Crippen LogP contribution in [0.1, 0.15) is 35.4 Å². The Morgan fingerprint density at radius 3 is 3.04 bits per heavy atom. The number of aromatic nitrogens is 3. The molecule has 9 heteroatoms. The van der Waals surface area contributed by atoms with Crippen LogP contribution < -0.4 is 5.32 Å². The van der Waals surface area contributed by atoms with E-state index in [0.717, 1.165) is 17.3 Å². The fourth-order valence-electron chi connectivity index (χ4n) is 3.22. The number of fused-ring (bicyclic) bond motifs is 1. The highest BCUT2D eigenvalue weighted by Crippen LogP contribution is 2.29. The highest BCUT2D eigenvalue weighted by Gasteiger charge is 2.34. The highest BCUT2D eigenvalue weighted by molar-refractivity contribution is 7.17. The van der Waals surface area contributed by atoms with Gasteiger partial charge in [-0.25, -0.2) is 14.4 Å². The van der Waals surface area contributed by atoms with Gasteiger partial charge < -0.3 is 15.0 Å². The second-order valence-corrected chi connectivity index (χ2v) is 7.65. The third kappa shape index (κ3) is 3.55. The Kier molecular flexibility index (Phi) is 5.19. The van der Waals surface area contributed by atoms with Gasteiger partial charge in [0.05, 0.1) is 35.1 Å². The van der Waals surface area contributed by atoms with Crippen molar-refractivity contribution in [3.05, 3.63) is 47.0 Å². The van der Waals surface area contributed by atoms with Gasteiger partial charge in [0.2, 0.25) is 5.95 Å². The first-order valence-corrected chi connectivity index (χ1v) is 9.87. The molecule has 3 aromatic heterocycles. The predicted octanol–water partition coefficient (Wildman–Crippen LogP) is 3.26. The van der Waals surface area contributed by atoms with Crippen LogP contribution in [-0.2, 0) is 4.74 Å². The van der Waals surface area contributed by atoms with Crippen LogP contribution in [0, 0.1) is 5.82 Å². The fraction of sp³-hybridized carbons (Fsp3) is 0.368. The van der Waals surface area contributed by atoms with Crippen LogP contribution in [-0.4, -0.2) is 52.1 Å². The van der Waals surface area contributed by atoms with Crippen molar-refractivity contribution in [1.29, 1.82) is 0 Å². The molecule has 146 valence electrons. The Labute approximate surface area is 165 Å². The van der Waals surface area contributed by atoms with Gasteiger partial charge in [-0.3, -0.25) is 9.78 Å². The first-order chi connectivity index (χ1) is 13.6. The van der Waals surface area contributed by atoms with Gasteiger partial charge in [-0.2, -0.15) is 0 Å². The molecule has 1 aliphatic rings. The van der Waals surface area contributed by atoms with E-state index in [1.54, 1.807) is 18.2 Å². The summed E-state index contributed by atoms with van der Waals surface area (Å²) in [5.41, 5.74) is 1.76. The van der Waals surface area contributed by atoms with E-state index in [2.05, 4.69) is 20.3 Å². The van der Waals surface area contributed by atoms with Gasteiger partial charge in [-0.15, -0.1) is 11.3 Å². The summed E-state index contributed by atoms with van der Waals surface area (Å²) in [5.74, 6) is -0.195. The zero-order valence-electron chi connectivity index (χ0n) is 15.6. The van der Waals surface area contributed by atoms with Gasteiger partial charge in [0.1, 0.15) is 5.82 Å². The van der Waals surface area contributed by atoms with Crippen LogP contribution in [0.2, 0.25) is 0 Å². The summed E-state index contributed by atoms with van der Waals surface area (Å²) in [5, 5.41) is 5.05. The van der Waals surface area contributed by atoms with Gasteiger partial charge in [0, 0.05) is 19.9 Å². The predicted molar refractivity (Wildman–Crippen MR) is 105 cm³/mol. The van der Waals surface area contributed by atoms with Crippen LogP contribution in [0.5, 0.6) is 0 Å². The third-order valence-corrected chi connectivity index (χ3v) is 5.75. The summed E-state index contributed by atoms with van der Waals surface area (Å²) in [4.78, 5) is 27.7. The molecule has 0 spiro atoms. The molecule has 28 heavy (non-hydrogen) atoms. The molecule has 1 aliphatic heterocycles. The lowest BCUT2D eigenvalue weighted by Crippen LogP contribution is -2.53. The molecule has 0 bridgehead atoms. The molecule has 0 unspecified atom stereocenters. The summed E-state index contributed by atoms with van der Waals surface area (Å²) < 4.78 is 19.4. The average Bonchev–Trinajstić information content (AvgIpc) is 3.13. The largest absolute Gasteiger partial charge is 0.383 e. The maximum absolute atomic E-state index is 13.5. The van der Waals surface area contributed by atoms with Crippen molar-refractivity contribution in [2.75, 3.05) is 25.6 Å². The van der Waals surface area contributed by atoms with E-state index >= 15 is 0 Å². The number of likely N-dealkylation sites (tertiary alicyclic amines) is 1. The quantitative estimate of drug-likeness (QED) is 0.683. The molecule has 0 saturated carbocycles. The molecule has 4 heterocycles. The molecular formula is C19H20FN5O2S. The topological polar surface area (TPSA) is 80.2 Å². The number of halogens is 1. The number of anilines is 1. The molecule has 1 amide bonds. The number of thiophene rings is 1. The number of rotatable bonds is 6. The number of hydrogen-bond donors (Lipinski definition) is 1. The summed E-state index contributed by atoms with van der Waals surface area (Å²) in [7, 11) is 1.63. The highest BCUT2D eigenvalue weighted by atomic mass is 32.1. The maximum atomic E-state index is 13.5. The normalized spacial score (nSPS) is 17.4. The molecule has 0 aliphatic carbocycles. The standard InChI is InChI=1S/C19H20FN5O2S/c1-11(12-7-13(20)9-21-8-12)22-19-23-15-4-6-28-17(15)16(24-19)18(26)25-5-3-14(25)10-27-2/h4,6-9,11,14H,3,5,10H2,1-2H3,(H,22,23,24)/t11-,14+/m0/s1. The van der Waals surface area contributed by atoms with E-state index in [1.807, 2.05) is 18.4 Å². The second-order valence-electron chi connectivity index (χ2n) is 6.73. The molecule has 2 atom stereocenters. The number of methoxy groups -OCH3 is 1. The van der Waals surface area contributed by atoms with Crippen molar-refractivity contribution in [1.82, 2.24) is 19.9 Å². The number of carbonyl (C=O) groups excluding carboxylic acids is 1. The lowest BCUT2D eigenvalue weighted by atomic mass is 10.0. The molecule has 1 N–H and O–H groups in total. The minimum atomic E-state index is -0.404. The van der Waals surface area contributed by atoms with Crippen LogP contribution in [0.25, 0.3) is 10.2 Å². The number of hydrogen-bond acceptors (Lipinski definition) is 7. The van der Waals surface area contributed by atoms with E-state index in [1.165, 1.54) is 17.4 Å². The number of nitrogens with zero attached hydrogens (tertiary/aromatic N) is 4. The molecule has 0 radical (unpaired) electrons. The SMILES string of the molecule is COC[C@H]1CCN1C(=O)c1nc(N[C@@H](C)c2cncc(F)c2)nc2ccsc12. The van der Waals surface area contributed by atoms with E-state index in [4.69, 9.17) is 4.74 Å². The maximum Gasteiger partial charge on any atom is 0.274 e. The van der Waals surface area contributed by atoms with Gasteiger partial charge in [-0.1, -0.05) is 0 Å². The number of carbonyl (C=O) groups is 1. The lowest BCUT2D eigenvalue weighted by Gasteiger charge is -2.40. The number of ether oxygens (including phenoxy) is 1. The van der Waals surface area contributed by atoms with Crippen molar-refractivity contribution < 1.29 is 13.9 Å². The first kappa shape index (κ1) is 18.7. The number of amides is 1. The second kappa shape index (κ2) is 7.76. The summed E-state index contributed by atoms with van der Waals surface area (Å²) in [6.07, 6.45) is 3.67. The smallest absolute Gasteiger partial charge is 0.274 e. The van der Waals surface area contributed by atoms with E-state index in [-0.39, 0.29) is 18.0 Å². The van der Waals surface area contributed by atoms with Crippen molar-refractivity contribution in [2.24, 2.45) is 0 Å². The van der Waals surface area contributed by atoms with Gasteiger partial charge in [0.15, 0.2) is 5.69 Å². The molecular weight excluding hydrogens is 381 g/mol. The zero-order valence-corrected chi connectivity index (χ0v) is 16.4. The molecule has 1 fully saturated rings. The molecule has 0 aromatic carbocycles.